The average molecular weight is 744 g/mol. The van der Waals surface area contributed by atoms with E-state index in [0.29, 0.717) is 5.82 Å². The third-order valence-corrected chi connectivity index (χ3v) is 12.1. The van der Waals surface area contributed by atoms with Crippen LogP contribution < -0.4 is 0 Å². The van der Waals surface area contributed by atoms with Gasteiger partial charge in [-0.3, -0.25) is 0 Å². The summed E-state index contributed by atoms with van der Waals surface area (Å²) in [4.78, 5) is 15.5. The third-order valence-electron chi connectivity index (χ3n) is 10.9. The maximum absolute atomic E-state index is 5.30. The van der Waals surface area contributed by atoms with Gasteiger partial charge in [0, 0.05) is 58.6 Å². The van der Waals surface area contributed by atoms with E-state index < -0.39 is 0 Å². The SMILES string of the molecule is c1ccc(-c2cccc(-c3cc(-c4ccc(-c5cccc(-c6nc7ccccc7c7c6ccc6c8ccccc8sc67)c5)cc4)nc(-c4ccccc4)n3)c2)cc1. The molecule has 57 heavy (non-hydrogen) atoms. The molecule has 266 valence electrons. The van der Waals surface area contributed by atoms with Gasteiger partial charge in [-0.25, -0.2) is 15.0 Å². The van der Waals surface area contributed by atoms with Crippen LogP contribution >= 0.6 is 11.3 Å². The van der Waals surface area contributed by atoms with Gasteiger partial charge >= 0.3 is 0 Å². The number of hydrogen-bond acceptors (Lipinski definition) is 4. The molecule has 0 amide bonds. The Morgan fingerprint density at radius 1 is 0.316 bits per heavy atom. The lowest BCUT2D eigenvalue weighted by Gasteiger charge is -2.13. The summed E-state index contributed by atoms with van der Waals surface area (Å²) in [5.74, 6) is 0.702. The van der Waals surface area contributed by atoms with Crippen LogP contribution in [0.1, 0.15) is 0 Å². The van der Waals surface area contributed by atoms with Crippen LogP contribution in [0.25, 0.3) is 109 Å². The Hall–Kier alpha value is -7.27. The molecule has 3 nitrogen and oxygen atoms in total. The number of aromatic nitrogens is 3. The molecule has 8 aromatic carbocycles. The van der Waals surface area contributed by atoms with Gasteiger partial charge in [0.1, 0.15) is 0 Å². The van der Waals surface area contributed by atoms with Crippen LogP contribution in [0.4, 0.5) is 0 Å². The Morgan fingerprint density at radius 3 is 1.63 bits per heavy atom. The normalized spacial score (nSPS) is 11.5. The van der Waals surface area contributed by atoms with Crippen molar-refractivity contribution in [3.63, 3.8) is 0 Å². The minimum atomic E-state index is 0.702. The largest absolute Gasteiger partial charge is 0.247 e. The first-order valence-electron chi connectivity index (χ1n) is 19.2. The fourth-order valence-electron chi connectivity index (χ4n) is 8.06. The van der Waals surface area contributed by atoms with Gasteiger partial charge < -0.3 is 0 Å². The maximum Gasteiger partial charge on any atom is 0.160 e. The highest BCUT2D eigenvalue weighted by Crippen LogP contribution is 2.43. The second-order valence-corrected chi connectivity index (χ2v) is 15.4. The zero-order chi connectivity index (χ0) is 37.7. The molecule has 0 saturated carbocycles. The minimum Gasteiger partial charge on any atom is -0.247 e. The minimum absolute atomic E-state index is 0.702. The quantitative estimate of drug-likeness (QED) is 0.159. The summed E-state index contributed by atoms with van der Waals surface area (Å²) in [7, 11) is 0. The lowest BCUT2D eigenvalue weighted by Crippen LogP contribution is -1.96. The van der Waals surface area contributed by atoms with Gasteiger partial charge in [-0.2, -0.15) is 0 Å². The highest BCUT2D eigenvalue weighted by Gasteiger charge is 2.17. The molecule has 0 radical (unpaired) electrons. The average Bonchev–Trinajstić information content (AvgIpc) is 3.68. The van der Waals surface area contributed by atoms with Gasteiger partial charge in [0.2, 0.25) is 0 Å². The van der Waals surface area contributed by atoms with E-state index in [0.717, 1.165) is 61.5 Å². The second kappa shape index (κ2) is 13.8. The zero-order valence-electron chi connectivity index (χ0n) is 30.8. The topological polar surface area (TPSA) is 38.7 Å². The smallest absolute Gasteiger partial charge is 0.160 e. The molecule has 0 N–H and O–H groups in total. The molecule has 0 aliphatic carbocycles. The molecule has 11 rings (SSSR count). The zero-order valence-corrected chi connectivity index (χ0v) is 31.6. The first kappa shape index (κ1) is 33.1. The van der Waals surface area contributed by atoms with E-state index in [9.17, 15) is 0 Å². The second-order valence-electron chi connectivity index (χ2n) is 14.4. The number of fused-ring (bicyclic) bond motifs is 7. The van der Waals surface area contributed by atoms with E-state index >= 15 is 0 Å². The fourth-order valence-corrected chi connectivity index (χ4v) is 9.33. The molecule has 0 atom stereocenters. The molecule has 0 spiro atoms. The van der Waals surface area contributed by atoms with E-state index in [1.807, 2.05) is 35.6 Å². The number of nitrogens with zero attached hydrogens (tertiary/aromatic N) is 3. The van der Waals surface area contributed by atoms with Crippen LogP contribution in [0.3, 0.4) is 0 Å². The summed E-state index contributed by atoms with van der Waals surface area (Å²) < 4.78 is 2.62. The van der Waals surface area contributed by atoms with Crippen molar-refractivity contribution in [2.24, 2.45) is 0 Å². The fraction of sp³-hybridized carbons (Fsp3) is 0. The Bertz CT molecular complexity index is 3280. The molecular weight excluding hydrogens is 711 g/mol. The third kappa shape index (κ3) is 5.95. The van der Waals surface area contributed by atoms with Crippen molar-refractivity contribution in [1.82, 2.24) is 15.0 Å². The molecule has 11 aromatic rings. The summed E-state index contributed by atoms with van der Waals surface area (Å²) in [5, 5.41) is 6.23. The summed E-state index contributed by atoms with van der Waals surface area (Å²) >= 11 is 1.87. The standard InChI is InChI=1S/C53H33N3S/c1-3-13-34(14-4-1)38-17-11-19-40(31-38)48-33-47(55-53(56-48)37-15-5-2-6-16-37)36-27-25-35(26-28-36)39-18-12-20-41(32-39)51-45-30-29-43-42-21-8-10-24-49(42)57-52(43)50(45)44-22-7-9-23-46(44)54-51/h1-33H. The van der Waals surface area contributed by atoms with Crippen LogP contribution in [-0.2, 0) is 0 Å². The van der Waals surface area contributed by atoms with Gasteiger partial charge in [0.05, 0.1) is 22.6 Å². The molecule has 3 heterocycles. The molecule has 0 fully saturated rings. The lowest BCUT2D eigenvalue weighted by molar-refractivity contribution is 1.18. The van der Waals surface area contributed by atoms with E-state index in [-0.39, 0.29) is 0 Å². The summed E-state index contributed by atoms with van der Waals surface area (Å²) in [6.07, 6.45) is 0. The lowest BCUT2D eigenvalue weighted by atomic mass is 9.95. The van der Waals surface area contributed by atoms with Gasteiger partial charge in [0.25, 0.3) is 0 Å². The molecule has 0 saturated heterocycles. The van der Waals surface area contributed by atoms with E-state index in [2.05, 4.69) is 176 Å². The molecule has 0 aliphatic rings. The van der Waals surface area contributed by atoms with Crippen molar-refractivity contribution >= 4 is 53.2 Å². The predicted molar refractivity (Wildman–Crippen MR) is 240 cm³/mol. The highest BCUT2D eigenvalue weighted by molar-refractivity contribution is 7.26. The molecule has 0 aliphatic heterocycles. The Morgan fingerprint density at radius 2 is 0.860 bits per heavy atom. The Labute approximate surface area is 334 Å². The van der Waals surface area contributed by atoms with Crippen molar-refractivity contribution in [2.75, 3.05) is 0 Å². The summed E-state index contributed by atoms with van der Waals surface area (Å²) in [6.45, 7) is 0. The number of rotatable bonds is 6. The molecule has 4 heteroatoms. The number of thiophene rings is 1. The van der Waals surface area contributed by atoms with Crippen LogP contribution in [0.5, 0.6) is 0 Å². The molecule has 0 unspecified atom stereocenters. The van der Waals surface area contributed by atoms with Crippen LogP contribution in [-0.4, -0.2) is 15.0 Å². The van der Waals surface area contributed by atoms with Gasteiger partial charge in [-0.15, -0.1) is 11.3 Å². The first-order chi connectivity index (χ1) is 28.2. The van der Waals surface area contributed by atoms with E-state index in [4.69, 9.17) is 15.0 Å². The summed E-state index contributed by atoms with van der Waals surface area (Å²) in [5.41, 5.74) is 12.5. The van der Waals surface area contributed by atoms with E-state index in [1.54, 1.807) is 0 Å². The van der Waals surface area contributed by atoms with Crippen LogP contribution in [0.2, 0.25) is 0 Å². The van der Waals surface area contributed by atoms with Crippen molar-refractivity contribution in [1.29, 1.82) is 0 Å². The Balaban J connectivity index is 0.992. The Kier molecular flexibility index (Phi) is 8.01. The van der Waals surface area contributed by atoms with Crippen molar-refractivity contribution in [3.8, 4) is 67.4 Å². The van der Waals surface area contributed by atoms with Gasteiger partial charge in [-0.1, -0.05) is 170 Å². The molecule has 0 bridgehead atoms. The number of para-hydroxylation sites is 1. The number of pyridine rings is 1. The van der Waals surface area contributed by atoms with E-state index in [1.165, 1.54) is 41.9 Å². The van der Waals surface area contributed by atoms with Crippen molar-refractivity contribution in [2.45, 2.75) is 0 Å². The van der Waals surface area contributed by atoms with Gasteiger partial charge in [-0.05, 0) is 52.6 Å². The van der Waals surface area contributed by atoms with Crippen LogP contribution in [0, 0.1) is 0 Å². The monoisotopic (exact) mass is 743 g/mol. The highest BCUT2D eigenvalue weighted by atomic mass is 32.1. The predicted octanol–water partition coefficient (Wildman–Crippen LogP) is 14.5. The van der Waals surface area contributed by atoms with Crippen molar-refractivity contribution < 1.29 is 0 Å². The summed E-state index contributed by atoms with van der Waals surface area (Å²) in [6, 6.07) is 70.7. The van der Waals surface area contributed by atoms with Crippen LogP contribution in [0.15, 0.2) is 200 Å². The van der Waals surface area contributed by atoms with Crippen molar-refractivity contribution in [3.05, 3.63) is 200 Å². The number of benzene rings is 8. The maximum atomic E-state index is 5.30. The number of hydrogen-bond donors (Lipinski definition) is 0. The first-order valence-corrected chi connectivity index (χ1v) is 20.0. The molecule has 3 aromatic heterocycles. The molecular formula is C53H33N3S. The van der Waals surface area contributed by atoms with Gasteiger partial charge in [0.15, 0.2) is 5.82 Å².